The molecule has 30 heavy (non-hydrogen) atoms. The van der Waals surface area contributed by atoms with Gasteiger partial charge in [-0.15, -0.1) is 0 Å². The van der Waals surface area contributed by atoms with Gasteiger partial charge in [-0.2, -0.15) is 0 Å². The van der Waals surface area contributed by atoms with Gasteiger partial charge in [0.1, 0.15) is 0 Å². The lowest BCUT2D eigenvalue weighted by Gasteiger charge is -2.35. The molecule has 0 unspecified atom stereocenters. The summed E-state index contributed by atoms with van der Waals surface area (Å²) in [5, 5.41) is 2.97. The SMILES string of the molecule is CCN1CCN(c2ccc(NC(=O)C=Cc3ccc(OC)c(OC)c3)c(C)c2)CC1. The van der Waals surface area contributed by atoms with Crippen LogP contribution in [0.1, 0.15) is 18.1 Å². The van der Waals surface area contributed by atoms with Crippen molar-refractivity contribution in [1.29, 1.82) is 0 Å². The lowest BCUT2D eigenvalue weighted by molar-refractivity contribution is -0.111. The van der Waals surface area contributed by atoms with E-state index in [9.17, 15) is 4.79 Å². The van der Waals surface area contributed by atoms with Crippen molar-refractivity contribution in [1.82, 2.24) is 4.90 Å². The predicted octanol–water partition coefficient (Wildman–Crippen LogP) is 3.81. The Morgan fingerprint density at radius 1 is 1.03 bits per heavy atom. The second-order valence-corrected chi connectivity index (χ2v) is 7.36. The van der Waals surface area contributed by atoms with E-state index in [2.05, 4.69) is 34.2 Å². The maximum absolute atomic E-state index is 12.4. The molecule has 1 aliphatic heterocycles. The molecule has 6 heteroatoms. The molecule has 2 aromatic rings. The van der Waals surface area contributed by atoms with E-state index in [-0.39, 0.29) is 5.91 Å². The van der Waals surface area contributed by atoms with E-state index in [1.165, 1.54) is 11.8 Å². The number of carbonyl (C=O) groups is 1. The second-order valence-electron chi connectivity index (χ2n) is 7.36. The highest BCUT2D eigenvalue weighted by molar-refractivity contribution is 6.02. The number of anilines is 2. The third-order valence-electron chi connectivity index (χ3n) is 5.49. The van der Waals surface area contributed by atoms with Crippen LogP contribution in [0, 0.1) is 6.92 Å². The maximum Gasteiger partial charge on any atom is 0.248 e. The predicted molar refractivity (Wildman–Crippen MR) is 123 cm³/mol. The summed E-state index contributed by atoms with van der Waals surface area (Å²) in [6.45, 7) is 9.59. The molecule has 1 aliphatic rings. The number of ether oxygens (including phenoxy) is 2. The molecule has 6 nitrogen and oxygen atoms in total. The number of nitrogens with zero attached hydrogens (tertiary/aromatic N) is 2. The zero-order valence-corrected chi connectivity index (χ0v) is 18.3. The van der Waals surface area contributed by atoms with E-state index in [0.717, 1.165) is 49.5 Å². The number of amides is 1. The van der Waals surface area contributed by atoms with Gasteiger partial charge in [0.15, 0.2) is 11.5 Å². The Morgan fingerprint density at radius 3 is 2.40 bits per heavy atom. The number of benzene rings is 2. The van der Waals surface area contributed by atoms with Gasteiger partial charge in [-0.3, -0.25) is 4.79 Å². The Kier molecular flexibility index (Phi) is 7.36. The quantitative estimate of drug-likeness (QED) is 0.705. The smallest absolute Gasteiger partial charge is 0.248 e. The van der Waals surface area contributed by atoms with Crippen LogP contribution in [0.3, 0.4) is 0 Å². The van der Waals surface area contributed by atoms with Crippen molar-refractivity contribution in [2.24, 2.45) is 0 Å². The highest BCUT2D eigenvalue weighted by Crippen LogP contribution is 2.28. The largest absolute Gasteiger partial charge is 0.493 e. The first kappa shape index (κ1) is 21.7. The van der Waals surface area contributed by atoms with Gasteiger partial charge < -0.3 is 24.6 Å². The first-order chi connectivity index (χ1) is 14.5. The summed E-state index contributed by atoms with van der Waals surface area (Å²) in [4.78, 5) is 17.3. The van der Waals surface area contributed by atoms with Gasteiger partial charge in [-0.25, -0.2) is 0 Å². The Balaban J connectivity index is 1.62. The summed E-state index contributed by atoms with van der Waals surface area (Å²) in [5.74, 6) is 1.12. The van der Waals surface area contributed by atoms with Crippen LogP contribution in [0.4, 0.5) is 11.4 Å². The van der Waals surface area contributed by atoms with Crippen molar-refractivity contribution in [3.8, 4) is 11.5 Å². The van der Waals surface area contributed by atoms with E-state index in [0.29, 0.717) is 11.5 Å². The van der Waals surface area contributed by atoms with Crippen LogP contribution in [0.2, 0.25) is 0 Å². The monoisotopic (exact) mass is 409 g/mol. The zero-order valence-electron chi connectivity index (χ0n) is 18.3. The molecule has 0 aromatic heterocycles. The van der Waals surface area contributed by atoms with E-state index in [1.54, 1.807) is 20.3 Å². The number of piperazine rings is 1. The number of hydrogen-bond donors (Lipinski definition) is 1. The molecule has 0 atom stereocenters. The number of likely N-dealkylation sites (N-methyl/N-ethyl adjacent to an activating group) is 1. The minimum Gasteiger partial charge on any atom is -0.493 e. The summed E-state index contributed by atoms with van der Waals surface area (Å²) in [5.41, 5.74) is 3.95. The van der Waals surface area contributed by atoms with Crippen LogP contribution < -0.4 is 19.7 Å². The molecule has 0 spiro atoms. The van der Waals surface area contributed by atoms with Crippen molar-refractivity contribution in [2.75, 3.05) is 57.2 Å². The molecule has 1 saturated heterocycles. The number of nitrogens with one attached hydrogen (secondary N) is 1. The molecular weight excluding hydrogens is 378 g/mol. The molecule has 1 N–H and O–H groups in total. The number of carbonyl (C=O) groups excluding carboxylic acids is 1. The maximum atomic E-state index is 12.4. The van der Waals surface area contributed by atoms with Crippen molar-refractivity contribution in [3.63, 3.8) is 0 Å². The van der Waals surface area contributed by atoms with Crippen LogP contribution in [0.25, 0.3) is 6.08 Å². The standard InChI is InChI=1S/C24H31N3O3/c1-5-26-12-14-27(15-13-26)20-8-9-21(18(2)16-20)25-24(28)11-7-19-6-10-22(29-3)23(17-19)30-4/h6-11,16-17H,5,12-15H2,1-4H3,(H,25,28). The fourth-order valence-corrected chi connectivity index (χ4v) is 3.61. The van der Waals surface area contributed by atoms with Gasteiger partial charge in [0, 0.05) is 43.6 Å². The van der Waals surface area contributed by atoms with Crippen molar-refractivity contribution in [2.45, 2.75) is 13.8 Å². The van der Waals surface area contributed by atoms with Gasteiger partial charge in [0.25, 0.3) is 0 Å². The highest BCUT2D eigenvalue weighted by Gasteiger charge is 2.16. The Hall–Kier alpha value is -2.99. The highest BCUT2D eigenvalue weighted by atomic mass is 16.5. The van der Waals surface area contributed by atoms with E-state index in [4.69, 9.17) is 9.47 Å². The fourth-order valence-electron chi connectivity index (χ4n) is 3.61. The fraction of sp³-hybridized carbons (Fsp3) is 0.375. The Bertz CT molecular complexity index is 903. The van der Waals surface area contributed by atoms with E-state index >= 15 is 0 Å². The third-order valence-corrected chi connectivity index (χ3v) is 5.49. The van der Waals surface area contributed by atoms with Crippen molar-refractivity contribution >= 4 is 23.4 Å². The number of methoxy groups -OCH3 is 2. The van der Waals surface area contributed by atoms with Crippen molar-refractivity contribution in [3.05, 3.63) is 53.6 Å². The summed E-state index contributed by atoms with van der Waals surface area (Å²) in [6.07, 6.45) is 3.28. The van der Waals surface area contributed by atoms with Gasteiger partial charge in [0.05, 0.1) is 14.2 Å². The average Bonchev–Trinajstić information content (AvgIpc) is 2.78. The van der Waals surface area contributed by atoms with Crippen molar-refractivity contribution < 1.29 is 14.3 Å². The minimum atomic E-state index is -0.169. The lowest BCUT2D eigenvalue weighted by Crippen LogP contribution is -2.46. The molecule has 1 heterocycles. The number of aryl methyl sites for hydroxylation is 1. The van der Waals surface area contributed by atoms with Gasteiger partial charge in [-0.05, 0) is 61.0 Å². The lowest BCUT2D eigenvalue weighted by atomic mass is 10.1. The second kappa shape index (κ2) is 10.2. The van der Waals surface area contributed by atoms with E-state index in [1.807, 2.05) is 31.2 Å². The molecule has 0 bridgehead atoms. The summed E-state index contributed by atoms with van der Waals surface area (Å²) in [6, 6.07) is 11.8. The minimum absolute atomic E-state index is 0.169. The van der Waals surface area contributed by atoms with Crippen LogP contribution in [0.5, 0.6) is 11.5 Å². The molecule has 160 valence electrons. The summed E-state index contributed by atoms with van der Waals surface area (Å²) in [7, 11) is 3.19. The molecule has 0 aliphatic carbocycles. The first-order valence-electron chi connectivity index (χ1n) is 10.3. The Labute approximate surface area is 179 Å². The summed E-state index contributed by atoms with van der Waals surface area (Å²) < 4.78 is 10.5. The first-order valence-corrected chi connectivity index (χ1v) is 10.3. The normalized spacial score (nSPS) is 14.7. The summed E-state index contributed by atoms with van der Waals surface area (Å²) >= 11 is 0. The van der Waals surface area contributed by atoms with Gasteiger partial charge in [0.2, 0.25) is 5.91 Å². The average molecular weight is 410 g/mol. The van der Waals surface area contributed by atoms with Crippen LogP contribution in [-0.2, 0) is 4.79 Å². The van der Waals surface area contributed by atoms with Crippen LogP contribution in [-0.4, -0.2) is 57.8 Å². The molecule has 0 saturated carbocycles. The molecule has 3 rings (SSSR count). The third kappa shape index (κ3) is 5.33. The van der Waals surface area contributed by atoms with Crippen LogP contribution >= 0.6 is 0 Å². The van der Waals surface area contributed by atoms with E-state index < -0.39 is 0 Å². The molecule has 2 aromatic carbocycles. The van der Waals surface area contributed by atoms with Gasteiger partial charge >= 0.3 is 0 Å². The van der Waals surface area contributed by atoms with Crippen LogP contribution in [0.15, 0.2) is 42.5 Å². The Morgan fingerprint density at radius 2 is 1.77 bits per heavy atom. The van der Waals surface area contributed by atoms with Gasteiger partial charge in [-0.1, -0.05) is 13.0 Å². The number of rotatable bonds is 7. The molecule has 0 radical (unpaired) electrons. The molecule has 1 amide bonds. The topological polar surface area (TPSA) is 54.0 Å². The molecule has 1 fully saturated rings. The zero-order chi connectivity index (χ0) is 21.5. The molecular formula is C24H31N3O3. The number of hydrogen-bond acceptors (Lipinski definition) is 5.